The second-order valence-electron chi connectivity index (χ2n) is 4.41. The quantitative estimate of drug-likeness (QED) is 0.863. The van der Waals surface area contributed by atoms with Crippen molar-refractivity contribution < 1.29 is 4.74 Å². The van der Waals surface area contributed by atoms with Crippen molar-refractivity contribution in [2.75, 3.05) is 7.11 Å². The number of nitrogens with zero attached hydrogens (tertiary/aromatic N) is 1. The van der Waals surface area contributed by atoms with Crippen molar-refractivity contribution in [3.8, 4) is 0 Å². The third kappa shape index (κ3) is 2.91. The van der Waals surface area contributed by atoms with Crippen LogP contribution in [0.1, 0.15) is 35.7 Å². The Bertz CT molecular complexity index is 607. The molecule has 1 atom stereocenters. The average Bonchev–Trinajstić information content (AvgIpc) is 2.40. The van der Waals surface area contributed by atoms with Crippen LogP contribution in [0.15, 0.2) is 30.3 Å². The zero-order chi connectivity index (χ0) is 13.8. The predicted octanol–water partition coefficient (Wildman–Crippen LogP) is 3.75. The predicted molar refractivity (Wildman–Crippen MR) is 78.8 cm³/mol. The van der Waals surface area contributed by atoms with Gasteiger partial charge in [0.1, 0.15) is 16.6 Å². The van der Waals surface area contributed by atoms with Gasteiger partial charge >= 0.3 is 0 Å². The molecule has 0 radical (unpaired) electrons. The lowest BCUT2D eigenvalue weighted by Gasteiger charge is -2.16. The van der Waals surface area contributed by atoms with Gasteiger partial charge in [0.05, 0.1) is 0 Å². The van der Waals surface area contributed by atoms with Crippen molar-refractivity contribution in [1.82, 2.24) is 9.97 Å². The fourth-order valence-electron chi connectivity index (χ4n) is 2.21. The first-order valence-corrected chi connectivity index (χ1v) is 6.75. The topological polar surface area (TPSA) is 37.9 Å². The van der Waals surface area contributed by atoms with E-state index < -0.39 is 0 Å². The molecule has 1 heterocycles. The first-order valence-electron chi connectivity index (χ1n) is 6.34. The highest BCUT2D eigenvalue weighted by Gasteiger charge is 2.16. The van der Waals surface area contributed by atoms with Crippen molar-refractivity contribution in [2.45, 2.75) is 26.4 Å². The Morgan fingerprint density at radius 2 is 2.00 bits per heavy atom. The summed E-state index contributed by atoms with van der Waals surface area (Å²) in [5, 5.41) is 0. The molecule has 1 N–H and O–H groups in total. The molecule has 0 aliphatic rings. The number of methoxy groups -OCH3 is 1. The SMILES string of the molecule is CCc1c(C)[nH]c(C(OC)c2ccccc2)nc1=S. The number of rotatable bonds is 4. The molecule has 19 heavy (non-hydrogen) atoms. The Balaban J connectivity index is 2.48. The molecule has 2 aromatic rings. The lowest BCUT2D eigenvalue weighted by molar-refractivity contribution is 0.128. The van der Waals surface area contributed by atoms with Gasteiger partial charge in [-0.2, -0.15) is 0 Å². The number of nitrogens with one attached hydrogen (secondary N) is 1. The molecule has 0 saturated heterocycles. The summed E-state index contributed by atoms with van der Waals surface area (Å²) in [6, 6.07) is 10.0. The molecular weight excluding hydrogens is 256 g/mol. The first-order chi connectivity index (χ1) is 9.17. The summed E-state index contributed by atoms with van der Waals surface area (Å²) in [5.74, 6) is 0.758. The van der Waals surface area contributed by atoms with Crippen LogP contribution in [0.4, 0.5) is 0 Å². The van der Waals surface area contributed by atoms with Gasteiger partial charge in [-0.1, -0.05) is 49.5 Å². The maximum absolute atomic E-state index is 5.57. The minimum Gasteiger partial charge on any atom is -0.369 e. The van der Waals surface area contributed by atoms with Crippen LogP contribution in [0.5, 0.6) is 0 Å². The van der Waals surface area contributed by atoms with E-state index in [4.69, 9.17) is 17.0 Å². The molecule has 0 saturated carbocycles. The lowest BCUT2D eigenvalue weighted by Crippen LogP contribution is -2.11. The molecule has 1 unspecified atom stereocenters. The summed E-state index contributed by atoms with van der Waals surface area (Å²) in [7, 11) is 1.68. The van der Waals surface area contributed by atoms with Crippen LogP contribution in [0.25, 0.3) is 0 Å². The third-order valence-electron chi connectivity index (χ3n) is 3.19. The zero-order valence-electron chi connectivity index (χ0n) is 11.4. The molecule has 100 valence electrons. The minimum absolute atomic E-state index is 0.215. The van der Waals surface area contributed by atoms with E-state index in [2.05, 4.69) is 16.9 Å². The zero-order valence-corrected chi connectivity index (χ0v) is 12.3. The fraction of sp³-hybridized carbons (Fsp3) is 0.333. The Morgan fingerprint density at radius 1 is 1.32 bits per heavy atom. The Labute approximate surface area is 118 Å². The molecule has 1 aromatic heterocycles. The number of aryl methyl sites for hydroxylation is 1. The van der Waals surface area contributed by atoms with Crippen LogP contribution in [0, 0.1) is 11.6 Å². The van der Waals surface area contributed by atoms with Gasteiger partial charge in [0.25, 0.3) is 0 Å². The molecular formula is C15H18N2OS. The van der Waals surface area contributed by atoms with Crippen molar-refractivity contribution >= 4 is 12.2 Å². The lowest BCUT2D eigenvalue weighted by atomic mass is 10.1. The Kier molecular flexibility index (Phi) is 4.45. The number of H-pyrrole nitrogens is 1. The van der Waals surface area contributed by atoms with Crippen molar-refractivity contribution in [3.63, 3.8) is 0 Å². The van der Waals surface area contributed by atoms with E-state index >= 15 is 0 Å². The largest absolute Gasteiger partial charge is 0.369 e. The maximum atomic E-state index is 5.57. The fourth-order valence-corrected chi connectivity index (χ4v) is 2.60. The molecule has 0 spiro atoms. The van der Waals surface area contributed by atoms with Crippen LogP contribution in [0.2, 0.25) is 0 Å². The maximum Gasteiger partial charge on any atom is 0.141 e. The van der Waals surface area contributed by atoms with Crippen LogP contribution >= 0.6 is 12.2 Å². The number of ether oxygens (including phenoxy) is 1. The summed E-state index contributed by atoms with van der Waals surface area (Å²) in [6.45, 7) is 4.11. The number of aromatic amines is 1. The highest BCUT2D eigenvalue weighted by Crippen LogP contribution is 2.23. The van der Waals surface area contributed by atoms with Gasteiger partial charge in [0.15, 0.2) is 0 Å². The summed E-state index contributed by atoms with van der Waals surface area (Å²) in [5.41, 5.74) is 3.23. The van der Waals surface area contributed by atoms with Crippen LogP contribution < -0.4 is 0 Å². The van der Waals surface area contributed by atoms with Gasteiger partial charge < -0.3 is 9.72 Å². The third-order valence-corrected chi connectivity index (χ3v) is 3.53. The first kappa shape index (κ1) is 13.9. The molecule has 1 aromatic carbocycles. The van der Waals surface area contributed by atoms with E-state index in [1.165, 1.54) is 0 Å². The summed E-state index contributed by atoms with van der Waals surface area (Å²) < 4.78 is 6.22. The van der Waals surface area contributed by atoms with E-state index in [1.807, 2.05) is 37.3 Å². The van der Waals surface area contributed by atoms with Crippen LogP contribution in [-0.2, 0) is 11.2 Å². The number of benzene rings is 1. The monoisotopic (exact) mass is 274 g/mol. The summed E-state index contributed by atoms with van der Waals surface area (Å²) in [4.78, 5) is 7.80. The smallest absolute Gasteiger partial charge is 0.141 e. The van der Waals surface area contributed by atoms with Gasteiger partial charge in [-0.15, -0.1) is 0 Å². The van der Waals surface area contributed by atoms with Crippen molar-refractivity contribution in [1.29, 1.82) is 0 Å². The number of aromatic nitrogens is 2. The van der Waals surface area contributed by atoms with Gasteiger partial charge in [0, 0.05) is 18.4 Å². The van der Waals surface area contributed by atoms with Gasteiger partial charge in [0.2, 0.25) is 0 Å². The second-order valence-corrected chi connectivity index (χ2v) is 4.80. The van der Waals surface area contributed by atoms with Gasteiger partial charge in [-0.05, 0) is 18.9 Å². The highest BCUT2D eigenvalue weighted by atomic mass is 32.1. The minimum atomic E-state index is -0.215. The van der Waals surface area contributed by atoms with Crippen LogP contribution in [-0.4, -0.2) is 17.1 Å². The molecule has 0 aliphatic carbocycles. The molecule has 0 bridgehead atoms. The van der Waals surface area contributed by atoms with E-state index in [-0.39, 0.29) is 6.10 Å². The second kappa shape index (κ2) is 6.08. The van der Waals surface area contributed by atoms with E-state index in [9.17, 15) is 0 Å². The van der Waals surface area contributed by atoms with Gasteiger partial charge in [-0.3, -0.25) is 0 Å². The average molecular weight is 274 g/mol. The molecule has 3 nitrogen and oxygen atoms in total. The summed E-state index contributed by atoms with van der Waals surface area (Å²) >= 11 is 5.36. The molecule has 4 heteroatoms. The molecule has 0 amide bonds. The van der Waals surface area contributed by atoms with E-state index in [0.717, 1.165) is 29.1 Å². The van der Waals surface area contributed by atoms with E-state index in [0.29, 0.717) is 4.64 Å². The van der Waals surface area contributed by atoms with Gasteiger partial charge in [-0.25, -0.2) is 4.98 Å². The van der Waals surface area contributed by atoms with Crippen molar-refractivity contribution in [3.05, 3.63) is 57.6 Å². The molecule has 0 aliphatic heterocycles. The Morgan fingerprint density at radius 3 is 2.53 bits per heavy atom. The van der Waals surface area contributed by atoms with Crippen LogP contribution in [0.3, 0.4) is 0 Å². The summed E-state index contributed by atoms with van der Waals surface area (Å²) in [6.07, 6.45) is 0.671. The molecule has 2 rings (SSSR count). The number of hydrogen-bond acceptors (Lipinski definition) is 3. The molecule has 0 fully saturated rings. The van der Waals surface area contributed by atoms with E-state index in [1.54, 1.807) is 7.11 Å². The van der Waals surface area contributed by atoms with Crippen molar-refractivity contribution in [2.24, 2.45) is 0 Å². The Hall–Kier alpha value is -1.52. The standard InChI is InChI=1S/C15H18N2OS/c1-4-12-10(2)16-14(17-15(12)19)13(18-3)11-8-6-5-7-9-11/h5-9,13H,4H2,1-3H3,(H,16,17,19). The normalized spacial score (nSPS) is 12.4. The number of hydrogen-bond donors (Lipinski definition) is 1. The highest BCUT2D eigenvalue weighted by molar-refractivity contribution is 7.71.